The van der Waals surface area contributed by atoms with E-state index in [0.717, 1.165) is 22.2 Å². The fraction of sp³-hybridized carbons (Fsp3) is 0.472. The Bertz CT molecular complexity index is 1840. The Kier molecular flexibility index (Phi) is 13.5. The van der Waals surface area contributed by atoms with Crippen LogP contribution in [0, 0.1) is 17.5 Å². The lowest BCUT2D eigenvalue weighted by Crippen LogP contribution is -2.54. The fourth-order valence-corrected chi connectivity index (χ4v) is 6.96. The molecule has 2 fully saturated rings. The molecule has 6 rings (SSSR count). The number of benzene rings is 2. The van der Waals surface area contributed by atoms with Crippen molar-refractivity contribution in [1.82, 2.24) is 15.2 Å². The third-order valence-corrected chi connectivity index (χ3v) is 9.78. The number of nitrogens with one attached hydrogen (secondary N) is 2. The number of carbonyl (C=O) groups is 4. The predicted molar refractivity (Wildman–Crippen MR) is 189 cm³/mol. The maximum absolute atomic E-state index is 14.8. The number of piperidine rings is 1. The van der Waals surface area contributed by atoms with Gasteiger partial charge in [-0.2, -0.15) is 4.39 Å². The number of hydrogen-bond donors (Lipinski definition) is 2. The van der Waals surface area contributed by atoms with Crippen molar-refractivity contribution in [3.05, 3.63) is 58.2 Å². The number of unbranched alkanes of at least 4 members (excludes halogenated alkanes) is 1. The van der Waals surface area contributed by atoms with Gasteiger partial charge in [0.1, 0.15) is 18.5 Å². The summed E-state index contributed by atoms with van der Waals surface area (Å²) < 4.78 is 71.1. The first-order chi connectivity index (χ1) is 26.2. The first kappa shape index (κ1) is 39.1. The summed E-state index contributed by atoms with van der Waals surface area (Å²) in [5.74, 6) is -5.71. The molecule has 1 unspecified atom stereocenters. The minimum Gasteiger partial charge on any atom is -0.487 e. The molecule has 1 aromatic heterocycles. The van der Waals surface area contributed by atoms with E-state index in [1.54, 1.807) is 5.38 Å². The number of amides is 4. The SMILES string of the molecule is O=C1CCC(N2C(=O)c3cc(F)c(NCCCCOCCOCCOCCOc4c(-c5csc(N6CCOCC6)n5)ccc(F)c4F)cc3C2=O)C(=O)N1. The molecule has 4 amide bonds. The monoisotopic (exact) mass is 775 g/mol. The number of thiazole rings is 1. The van der Waals surface area contributed by atoms with Gasteiger partial charge in [-0.25, -0.2) is 13.8 Å². The standard InChI is InChI=1S/C36H40F3N5O9S/c37-25-4-3-22(28-21-54-36(41-28)43-8-11-50-12-9-43)32(31(25)39)53-18-17-52-16-15-51-14-13-49-10-2-1-7-40-27-20-24-23(19-26(27)38)34(47)44(35(24)48)29-5-6-30(45)42-33(29)46/h3-4,19-21,29,40H,1-2,5-18H2,(H,42,45,46). The lowest BCUT2D eigenvalue weighted by molar-refractivity contribution is -0.136. The van der Waals surface area contributed by atoms with Crippen LogP contribution in [-0.4, -0.2) is 119 Å². The zero-order chi connectivity index (χ0) is 38.0. The molecule has 0 radical (unpaired) electrons. The van der Waals surface area contributed by atoms with Crippen molar-refractivity contribution in [2.24, 2.45) is 0 Å². The average Bonchev–Trinajstić information content (AvgIpc) is 3.74. The molecular formula is C36H40F3N5O9S. The average molecular weight is 776 g/mol. The molecule has 2 N–H and O–H groups in total. The van der Waals surface area contributed by atoms with Crippen LogP contribution in [-0.2, 0) is 28.5 Å². The maximum Gasteiger partial charge on any atom is 0.262 e. The Morgan fingerprint density at radius 2 is 1.54 bits per heavy atom. The molecular weight excluding hydrogens is 735 g/mol. The lowest BCUT2D eigenvalue weighted by Gasteiger charge is -2.27. The van der Waals surface area contributed by atoms with Crippen LogP contribution in [0.25, 0.3) is 11.3 Å². The minimum absolute atomic E-state index is 0.00506. The number of carbonyl (C=O) groups excluding carboxylic acids is 4. The number of rotatable bonds is 19. The summed E-state index contributed by atoms with van der Waals surface area (Å²) in [6.07, 6.45) is 1.30. The highest BCUT2D eigenvalue weighted by Gasteiger charge is 2.45. The van der Waals surface area contributed by atoms with Crippen LogP contribution in [0.1, 0.15) is 46.4 Å². The van der Waals surface area contributed by atoms with Gasteiger partial charge >= 0.3 is 0 Å². The number of ether oxygens (including phenoxy) is 5. The van der Waals surface area contributed by atoms with Gasteiger partial charge in [0.2, 0.25) is 17.6 Å². The third-order valence-electron chi connectivity index (χ3n) is 8.88. The van der Waals surface area contributed by atoms with E-state index in [4.69, 9.17) is 23.7 Å². The molecule has 4 heterocycles. The molecule has 0 saturated carbocycles. The predicted octanol–water partition coefficient (Wildman–Crippen LogP) is 3.79. The zero-order valence-corrected chi connectivity index (χ0v) is 30.2. The van der Waals surface area contributed by atoms with Crippen LogP contribution < -0.4 is 20.3 Å². The Morgan fingerprint density at radius 3 is 2.26 bits per heavy atom. The third kappa shape index (κ3) is 9.35. The molecule has 0 aliphatic carbocycles. The Balaban J connectivity index is 0.814. The largest absolute Gasteiger partial charge is 0.487 e. The topological polar surface area (TPSA) is 158 Å². The molecule has 1 atom stereocenters. The summed E-state index contributed by atoms with van der Waals surface area (Å²) in [5, 5.41) is 7.63. The van der Waals surface area contributed by atoms with Crippen molar-refractivity contribution in [2.75, 3.05) is 89.3 Å². The second-order valence-corrected chi connectivity index (χ2v) is 13.3. The smallest absolute Gasteiger partial charge is 0.262 e. The van der Waals surface area contributed by atoms with E-state index in [-0.39, 0.29) is 55.2 Å². The maximum atomic E-state index is 14.8. The van der Waals surface area contributed by atoms with Crippen LogP contribution in [0.4, 0.5) is 24.0 Å². The molecule has 2 aromatic carbocycles. The van der Waals surface area contributed by atoms with Crippen molar-refractivity contribution in [1.29, 1.82) is 0 Å². The van der Waals surface area contributed by atoms with Crippen molar-refractivity contribution in [2.45, 2.75) is 31.7 Å². The van der Waals surface area contributed by atoms with Crippen LogP contribution in [0.3, 0.4) is 0 Å². The number of nitrogens with zero attached hydrogens (tertiary/aromatic N) is 3. The lowest BCUT2D eigenvalue weighted by atomic mass is 10.0. The summed E-state index contributed by atoms with van der Waals surface area (Å²) in [5.41, 5.74) is 0.782. The number of fused-ring (bicyclic) bond motifs is 1. The highest BCUT2D eigenvalue weighted by atomic mass is 32.1. The van der Waals surface area contributed by atoms with Gasteiger partial charge in [-0.05, 0) is 43.5 Å². The second-order valence-electron chi connectivity index (χ2n) is 12.5. The molecule has 54 heavy (non-hydrogen) atoms. The van der Waals surface area contributed by atoms with E-state index in [1.165, 1.54) is 23.5 Å². The van der Waals surface area contributed by atoms with Gasteiger partial charge < -0.3 is 33.9 Å². The van der Waals surface area contributed by atoms with Gasteiger partial charge in [-0.1, -0.05) is 0 Å². The number of halogens is 3. The zero-order valence-electron chi connectivity index (χ0n) is 29.3. The van der Waals surface area contributed by atoms with Gasteiger partial charge in [-0.3, -0.25) is 29.4 Å². The van der Waals surface area contributed by atoms with E-state index in [2.05, 4.69) is 20.5 Å². The van der Waals surface area contributed by atoms with Crippen molar-refractivity contribution in [3.63, 3.8) is 0 Å². The molecule has 3 aliphatic heterocycles. The highest BCUT2D eigenvalue weighted by molar-refractivity contribution is 7.14. The first-order valence-electron chi connectivity index (χ1n) is 17.6. The molecule has 3 aromatic rings. The fourth-order valence-electron chi connectivity index (χ4n) is 6.09. The highest BCUT2D eigenvalue weighted by Crippen LogP contribution is 2.36. The number of imide groups is 2. The molecule has 0 bridgehead atoms. The normalized spacial score (nSPS) is 17.3. The molecule has 2 saturated heterocycles. The number of morpholine rings is 1. The minimum atomic E-state index is -1.12. The van der Waals surface area contributed by atoms with Crippen molar-refractivity contribution in [3.8, 4) is 17.0 Å². The summed E-state index contributed by atoms with van der Waals surface area (Å²) in [4.78, 5) is 57.0. The molecule has 14 nitrogen and oxygen atoms in total. The van der Waals surface area contributed by atoms with Gasteiger partial charge in [-0.15, -0.1) is 11.3 Å². The van der Waals surface area contributed by atoms with Crippen LogP contribution in [0.5, 0.6) is 5.75 Å². The van der Waals surface area contributed by atoms with Crippen LogP contribution >= 0.6 is 11.3 Å². The molecule has 18 heteroatoms. The summed E-state index contributed by atoms with van der Waals surface area (Å²) in [6.45, 7) is 4.80. The van der Waals surface area contributed by atoms with Gasteiger partial charge in [0.05, 0.1) is 68.8 Å². The van der Waals surface area contributed by atoms with Gasteiger partial charge in [0, 0.05) is 43.6 Å². The van der Waals surface area contributed by atoms with E-state index >= 15 is 0 Å². The van der Waals surface area contributed by atoms with Gasteiger partial charge in [0.15, 0.2) is 16.7 Å². The van der Waals surface area contributed by atoms with Crippen LogP contribution in [0.2, 0.25) is 0 Å². The molecule has 290 valence electrons. The summed E-state index contributed by atoms with van der Waals surface area (Å²) in [7, 11) is 0. The molecule has 0 spiro atoms. The molecule has 3 aliphatic rings. The Labute approximate surface area is 312 Å². The Hall–Kier alpha value is -4.62. The Morgan fingerprint density at radius 1 is 0.852 bits per heavy atom. The van der Waals surface area contributed by atoms with E-state index in [9.17, 15) is 32.3 Å². The van der Waals surface area contributed by atoms with E-state index in [1.807, 2.05) is 0 Å². The van der Waals surface area contributed by atoms with E-state index < -0.39 is 47.1 Å². The number of anilines is 2. The first-order valence-corrected chi connectivity index (χ1v) is 18.5. The summed E-state index contributed by atoms with van der Waals surface area (Å²) >= 11 is 1.42. The van der Waals surface area contributed by atoms with Crippen molar-refractivity contribution >= 4 is 45.8 Å². The summed E-state index contributed by atoms with van der Waals surface area (Å²) in [6, 6.07) is 3.64. The van der Waals surface area contributed by atoms with Crippen LogP contribution in [0.15, 0.2) is 29.6 Å². The van der Waals surface area contributed by atoms with Crippen molar-refractivity contribution < 1.29 is 56.0 Å². The van der Waals surface area contributed by atoms with Gasteiger partial charge in [0.25, 0.3) is 11.8 Å². The van der Waals surface area contributed by atoms with E-state index in [0.29, 0.717) is 83.4 Å². The second kappa shape index (κ2) is 18.6. The quantitative estimate of drug-likeness (QED) is 0.134. The number of hydrogen-bond acceptors (Lipinski definition) is 13. The number of aromatic nitrogens is 1.